The molecule has 0 radical (unpaired) electrons. The van der Waals surface area contributed by atoms with Crippen LogP contribution >= 0.6 is 0 Å². The summed E-state index contributed by atoms with van der Waals surface area (Å²) in [6.07, 6.45) is -4.65. The Hall–Kier alpha value is -2.62. The van der Waals surface area contributed by atoms with E-state index in [0.717, 1.165) is 15.7 Å². The average Bonchev–Trinajstić information content (AvgIpc) is 3.25. The van der Waals surface area contributed by atoms with Gasteiger partial charge in [0.1, 0.15) is 0 Å². The molecule has 144 valence electrons. The number of nitrogens with one attached hydrogen (secondary N) is 3. The number of nitrogens with zero attached hydrogens (tertiary/aromatic N) is 2. The molecule has 2 aliphatic heterocycles. The summed E-state index contributed by atoms with van der Waals surface area (Å²) < 4.78 is 43.5. The molecule has 2 atom stereocenters. The van der Waals surface area contributed by atoms with Gasteiger partial charge < -0.3 is 10.6 Å². The third-order valence-corrected chi connectivity index (χ3v) is 5.30. The fourth-order valence-electron chi connectivity index (χ4n) is 3.65. The summed E-state index contributed by atoms with van der Waals surface area (Å²) in [5, 5.41) is 7.12. The van der Waals surface area contributed by atoms with Crippen LogP contribution in [0.25, 0.3) is 11.0 Å². The third kappa shape index (κ3) is 2.43. The monoisotopic (exact) mass is 381 g/mol. The van der Waals surface area contributed by atoms with Gasteiger partial charge in [0.25, 0.3) is 11.6 Å². The Morgan fingerprint density at radius 2 is 2.04 bits per heavy atom. The second kappa shape index (κ2) is 5.69. The summed E-state index contributed by atoms with van der Waals surface area (Å²) in [7, 11) is 0. The summed E-state index contributed by atoms with van der Waals surface area (Å²) in [5.41, 5.74) is -1.15. The summed E-state index contributed by atoms with van der Waals surface area (Å²) >= 11 is 0. The highest BCUT2D eigenvalue weighted by atomic mass is 19.4. The van der Waals surface area contributed by atoms with Gasteiger partial charge in [0.15, 0.2) is 0 Å². The number of amides is 2. The van der Waals surface area contributed by atoms with Crippen molar-refractivity contribution in [3.05, 3.63) is 23.3 Å². The zero-order valence-corrected chi connectivity index (χ0v) is 14.7. The SMILES string of the molecule is Cc1cc2nc3n(c2cc1C)C(NC(=O)C1CCNC1)(C(F)(F)F)C(=O)N3. The van der Waals surface area contributed by atoms with Gasteiger partial charge in [-0.25, -0.2) is 4.98 Å². The number of fused-ring (bicyclic) bond motifs is 3. The van der Waals surface area contributed by atoms with Crippen LogP contribution in [0.4, 0.5) is 19.1 Å². The fraction of sp³-hybridized carbons (Fsp3) is 0.471. The van der Waals surface area contributed by atoms with Crippen LogP contribution in [0.3, 0.4) is 0 Å². The highest BCUT2D eigenvalue weighted by Gasteiger charge is 2.68. The molecule has 3 heterocycles. The van der Waals surface area contributed by atoms with E-state index in [2.05, 4.69) is 15.6 Å². The van der Waals surface area contributed by atoms with Gasteiger partial charge >= 0.3 is 6.18 Å². The van der Waals surface area contributed by atoms with Gasteiger partial charge in [-0.15, -0.1) is 0 Å². The van der Waals surface area contributed by atoms with Crippen molar-refractivity contribution in [2.24, 2.45) is 5.92 Å². The molecule has 1 fully saturated rings. The predicted molar refractivity (Wildman–Crippen MR) is 91.0 cm³/mol. The molecule has 2 aliphatic rings. The number of hydrogen-bond donors (Lipinski definition) is 3. The highest BCUT2D eigenvalue weighted by molar-refractivity contribution is 6.05. The number of carbonyl (C=O) groups is 2. The van der Waals surface area contributed by atoms with Crippen LogP contribution in [0.1, 0.15) is 17.5 Å². The fourth-order valence-corrected chi connectivity index (χ4v) is 3.65. The van der Waals surface area contributed by atoms with Crippen LogP contribution in [0, 0.1) is 19.8 Å². The van der Waals surface area contributed by atoms with Crippen molar-refractivity contribution in [3.63, 3.8) is 0 Å². The van der Waals surface area contributed by atoms with Crippen molar-refractivity contribution in [1.29, 1.82) is 0 Å². The van der Waals surface area contributed by atoms with E-state index < -0.39 is 29.6 Å². The van der Waals surface area contributed by atoms with E-state index in [1.54, 1.807) is 19.1 Å². The molecule has 2 aromatic rings. The Kier molecular flexibility index (Phi) is 3.74. The first-order valence-corrected chi connectivity index (χ1v) is 8.56. The maximum Gasteiger partial charge on any atom is 0.440 e. The van der Waals surface area contributed by atoms with E-state index in [0.29, 0.717) is 18.5 Å². The van der Waals surface area contributed by atoms with E-state index >= 15 is 0 Å². The second-order valence-electron chi connectivity index (χ2n) is 7.04. The van der Waals surface area contributed by atoms with Gasteiger partial charge in [-0.3, -0.25) is 19.5 Å². The topological polar surface area (TPSA) is 88.1 Å². The largest absolute Gasteiger partial charge is 0.440 e. The molecular formula is C17H18F3N5O2. The minimum atomic E-state index is -5.06. The Balaban J connectivity index is 1.91. The normalized spacial score (nSPS) is 24.9. The van der Waals surface area contributed by atoms with Crippen LogP contribution < -0.4 is 16.0 Å². The Labute approximate surface area is 152 Å². The van der Waals surface area contributed by atoms with E-state index in [4.69, 9.17) is 0 Å². The lowest BCUT2D eigenvalue weighted by Gasteiger charge is -2.32. The lowest BCUT2D eigenvalue weighted by molar-refractivity contribution is -0.218. The number of aromatic nitrogens is 2. The van der Waals surface area contributed by atoms with Crippen LogP contribution in [0.15, 0.2) is 12.1 Å². The molecule has 4 rings (SSSR count). The van der Waals surface area contributed by atoms with Crippen LogP contribution in [0.5, 0.6) is 0 Å². The van der Waals surface area contributed by atoms with Crippen LogP contribution in [0.2, 0.25) is 0 Å². The van der Waals surface area contributed by atoms with Crippen molar-refractivity contribution in [2.45, 2.75) is 32.1 Å². The van der Waals surface area contributed by atoms with Gasteiger partial charge in [-0.2, -0.15) is 13.2 Å². The lowest BCUT2D eigenvalue weighted by atomic mass is 10.0. The minimum Gasteiger partial charge on any atom is -0.317 e. The number of hydrogen-bond acceptors (Lipinski definition) is 4. The van der Waals surface area contributed by atoms with E-state index in [1.165, 1.54) is 0 Å². The summed E-state index contributed by atoms with van der Waals surface area (Å²) in [5.74, 6) is -3.04. The predicted octanol–water partition coefficient (Wildman–Crippen LogP) is 1.55. The number of anilines is 1. The maximum absolute atomic E-state index is 14.2. The molecule has 2 amide bonds. The van der Waals surface area contributed by atoms with Crippen molar-refractivity contribution in [3.8, 4) is 0 Å². The molecule has 0 aliphatic carbocycles. The highest BCUT2D eigenvalue weighted by Crippen LogP contribution is 2.44. The minimum absolute atomic E-state index is 0.133. The number of halogens is 3. The van der Waals surface area contributed by atoms with Crippen molar-refractivity contribution in [1.82, 2.24) is 20.2 Å². The van der Waals surface area contributed by atoms with Crippen LogP contribution in [-0.2, 0) is 15.3 Å². The zero-order valence-electron chi connectivity index (χ0n) is 14.7. The zero-order chi connectivity index (χ0) is 19.6. The molecule has 0 spiro atoms. The van der Waals surface area contributed by atoms with E-state index in [9.17, 15) is 22.8 Å². The molecule has 2 unspecified atom stereocenters. The summed E-state index contributed by atoms with van der Waals surface area (Å²) in [4.78, 5) is 29.1. The number of imidazole rings is 1. The van der Waals surface area contributed by atoms with Crippen molar-refractivity contribution >= 4 is 28.8 Å². The molecule has 7 nitrogen and oxygen atoms in total. The number of alkyl halides is 3. The third-order valence-electron chi connectivity index (χ3n) is 5.30. The maximum atomic E-state index is 14.2. The first kappa shape index (κ1) is 17.8. The molecule has 1 saturated heterocycles. The quantitative estimate of drug-likeness (QED) is 0.737. The molecular weight excluding hydrogens is 363 g/mol. The Morgan fingerprint density at radius 3 is 2.67 bits per heavy atom. The van der Waals surface area contributed by atoms with Gasteiger partial charge in [0, 0.05) is 6.54 Å². The second-order valence-corrected chi connectivity index (χ2v) is 7.04. The first-order chi connectivity index (χ1) is 12.6. The standard InChI is InChI=1S/C17H18F3N5O2/c1-8-5-11-12(6-9(8)2)25-15(22-11)23-14(27)16(25,17(18,19)20)24-13(26)10-3-4-21-7-10/h5-6,10,21H,3-4,7H2,1-2H3,(H,24,26)(H,22,23,27). The van der Waals surface area contributed by atoms with Gasteiger partial charge in [-0.05, 0) is 50.1 Å². The molecule has 1 aromatic heterocycles. The molecule has 10 heteroatoms. The van der Waals surface area contributed by atoms with E-state index in [-0.39, 0.29) is 18.0 Å². The van der Waals surface area contributed by atoms with Crippen LogP contribution in [-0.4, -0.2) is 40.6 Å². The summed E-state index contributed by atoms with van der Waals surface area (Å²) in [6, 6.07) is 3.21. The average molecular weight is 381 g/mol. The summed E-state index contributed by atoms with van der Waals surface area (Å²) in [6.45, 7) is 4.40. The smallest absolute Gasteiger partial charge is 0.317 e. The number of rotatable bonds is 2. The molecule has 1 aromatic carbocycles. The molecule has 0 saturated carbocycles. The van der Waals surface area contributed by atoms with Gasteiger partial charge in [-0.1, -0.05) is 0 Å². The number of aryl methyl sites for hydroxylation is 2. The van der Waals surface area contributed by atoms with Crippen molar-refractivity contribution < 1.29 is 22.8 Å². The number of carbonyl (C=O) groups excluding carboxylic acids is 2. The Morgan fingerprint density at radius 1 is 1.33 bits per heavy atom. The molecule has 27 heavy (non-hydrogen) atoms. The van der Waals surface area contributed by atoms with Crippen molar-refractivity contribution in [2.75, 3.05) is 18.4 Å². The lowest BCUT2D eigenvalue weighted by Crippen LogP contribution is -2.64. The number of benzene rings is 1. The van der Waals surface area contributed by atoms with E-state index in [1.807, 2.05) is 12.2 Å². The molecule has 3 N–H and O–H groups in total. The Bertz CT molecular complexity index is 962. The van der Waals surface area contributed by atoms with Gasteiger partial charge in [0.2, 0.25) is 11.9 Å². The molecule has 0 bridgehead atoms. The van der Waals surface area contributed by atoms with Gasteiger partial charge in [0.05, 0.1) is 17.0 Å². The first-order valence-electron chi connectivity index (χ1n) is 8.56.